The summed E-state index contributed by atoms with van der Waals surface area (Å²) in [6.45, 7) is 10.9. The molecule has 0 amide bonds. The van der Waals surface area contributed by atoms with Gasteiger partial charge in [0.25, 0.3) is 0 Å². The molecule has 0 saturated heterocycles. The van der Waals surface area contributed by atoms with E-state index in [0.29, 0.717) is 6.04 Å². The molecule has 0 saturated carbocycles. The highest BCUT2D eigenvalue weighted by Gasteiger charge is 2.12. The Bertz CT molecular complexity index is 330. The standard InChI is InChI=1S/C15H29N3/c1-5-9-14(16-10-6-2)12-15-11-13(7-3)17-18(15)8-4/h11,14,16H,5-10,12H2,1-4H3. The van der Waals surface area contributed by atoms with E-state index in [0.717, 1.165) is 25.9 Å². The van der Waals surface area contributed by atoms with E-state index in [9.17, 15) is 0 Å². The van der Waals surface area contributed by atoms with Crippen LogP contribution in [0.25, 0.3) is 0 Å². The van der Waals surface area contributed by atoms with Gasteiger partial charge in [-0.05, 0) is 38.8 Å². The summed E-state index contributed by atoms with van der Waals surface area (Å²) in [5, 5.41) is 8.29. The van der Waals surface area contributed by atoms with Crippen LogP contribution in [0.2, 0.25) is 0 Å². The Morgan fingerprint density at radius 3 is 2.56 bits per heavy atom. The molecule has 1 rings (SSSR count). The Hall–Kier alpha value is -0.830. The first-order chi connectivity index (χ1) is 8.74. The van der Waals surface area contributed by atoms with E-state index >= 15 is 0 Å². The second-order valence-electron chi connectivity index (χ2n) is 4.94. The Balaban J connectivity index is 2.68. The maximum atomic E-state index is 4.63. The summed E-state index contributed by atoms with van der Waals surface area (Å²) in [6.07, 6.45) is 5.82. The van der Waals surface area contributed by atoms with Gasteiger partial charge in [0, 0.05) is 24.7 Å². The first kappa shape index (κ1) is 15.2. The Morgan fingerprint density at radius 1 is 1.22 bits per heavy atom. The van der Waals surface area contributed by atoms with Crippen molar-refractivity contribution in [1.82, 2.24) is 15.1 Å². The van der Waals surface area contributed by atoms with Gasteiger partial charge in [-0.2, -0.15) is 5.10 Å². The molecule has 0 spiro atoms. The second kappa shape index (κ2) is 8.30. The fraction of sp³-hybridized carbons (Fsp3) is 0.800. The van der Waals surface area contributed by atoms with Crippen molar-refractivity contribution in [2.24, 2.45) is 0 Å². The number of nitrogens with one attached hydrogen (secondary N) is 1. The van der Waals surface area contributed by atoms with Gasteiger partial charge in [0.2, 0.25) is 0 Å². The number of hydrogen-bond acceptors (Lipinski definition) is 2. The van der Waals surface area contributed by atoms with Crippen molar-refractivity contribution in [1.29, 1.82) is 0 Å². The van der Waals surface area contributed by atoms with Crippen molar-refractivity contribution in [3.8, 4) is 0 Å². The molecule has 104 valence electrons. The molecule has 0 aliphatic rings. The minimum atomic E-state index is 0.599. The van der Waals surface area contributed by atoms with Gasteiger partial charge in [-0.3, -0.25) is 4.68 Å². The van der Waals surface area contributed by atoms with Gasteiger partial charge in [0.05, 0.1) is 5.69 Å². The molecule has 0 aliphatic carbocycles. The predicted octanol–water partition coefficient (Wildman–Crippen LogP) is 3.18. The van der Waals surface area contributed by atoms with Gasteiger partial charge < -0.3 is 5.32 Å². The zero-order chi connectivity index (χ0) is 13.4. The molecule has 0 aromatic carbocycles. The molecule has 1 N–H and O–H groups in total. The van der Waals surface area contributed by atoms with Crippen molar-refractivity contribution in [3.63, 3.8) is 0 Å². The average molecular weight is 251 g/mol. The molecule has 1 unspecified atom stereocenters. The van der Waals surface area contributed by atoms with Crippen LogP contribution in [-0.2, 0) is 19.4 Å². The monoisotopic (exact) mass is 251 g/mol. The van der Waals surface area contributed by atoms with Crippen molar-refractivity contribution < 1.29 is 0 Å². The molecule has 18 heavy (non-hydrogen) atoms. The lowest BCUT2D eigenvalue weighted by Gasteiger charge is -2.18. The quantitative estimate of drug-likeness (QED) is 0.730. The highest BCUT2D eigenvalue weighted by atomic mass is 15.3. The highest BCUT2D eigenvalue weighted by molar-refractivity contribution is 5.12. The number of nitrogens with zero attached hydrogens (tertiary/aromatic N) is 2. The normalized spacial score (nSPS) is 12.9. The first-order valence-corrected chi connectivity index (χ1v) is 7.54. The summed E-state index contributed by atoms with van der Waals surface area (Å²) < 4.78 is 2.16. The highest BCUT2D eigenvalue weighted by Crippen LogP contribution is 2.11. The van der Waals surface area contributed by atoms with Crippen LogP contribution in [0.5, 0.6) is 0 Å². The summed E-state index contributed by atoms with van der Waals surface area (Å²) in [5.74, 6) is 0. The molecule has 1 aromatic rings. The van der Waals surface area contributed by atoms with Gasteiger partial charge in [-0.15, -0.1) is 0 Å². The van der Waals surface area contributed by atoms with E-state index in [1.165, 1.54) is 30.7 Å². The molecule has 0 radical (unpaired) electrons. The van der Waals surface area contributed by atoms with Crippen LogP contribution in [0.3, 0.4) is 0 Å². The zero-order valence-electron chi connectivity index (χ0n) is 12.5. The average Bonchev–Trinajstić information content (AvgIpc) is 2.78. The summed E-state index contributed by atoms with van der Waals surface area (Å²) in [7, 11) is 0. The molecule has 3 heteroatoms. The van der Waals surface area contributed by atoms with E-state index in [4.69, 9.17) is 0 Å². The zero-order valence-corrected chi connectivity index (χ0v) is 12.5. The second-order valence-corrected chi connectivity index (χ2v) is 4.94. The summed E-state index contributed by atoms with van der Waals surface area (Å²) in [4.78, 5) is 0. The maximum Gasteiger partial charge on any atom is 0.0624 e. The van der Waals surface area contributed by atoms with E-state index in [1.54, 1.807) is 0 Å². The van der Waals surface area contributed by atoms with Crippen LogP contribution in [-0.4, -0.2) is 22.4 Å². The van der Waals surface area contributed by atoms with Crippen LogP contribution < -0.4 is 5.32 Å². The topological polar surface area (TPSA) is 29.9 Å². The number of rotatable bonds is 9. The van der Waals surface area contributed by atoms with Gasteiger partial charge in [0.15, 0.2) is 0 Å². The molecule has 1 heterocycles. The Kier molecular flexibility index (Phi) is 7.02. The lowest BCUT2D eigenvalue weighted by molar-refractivity contribution is 0.456. The van der Waals surface area contributed by atoms with Gasteiger partial charge in [-0.1, -0.05) is 27.2 Å². The van der Waals surface area contributed by atoms with Gasteiger partial charge in [0.1, 0.15) is 0 Å². The largest absolute Gasteiger partial charge is 0.314 e. The third kappa shape index (κ3) is 4.45. The van der Waals surface area contributed by atoms with Crippen LogP contribution in [0, 0.1) is 0 Å². The lowest BCUT2D eigenvalue weighted by atomic mass is 10.1. The fourth-order valence-electron chi connectivity index (χ4n) is 2.35. The molecular weight excluding hydrogens is 222 g/mol. The van der Waals surface area contributed by atoms with Crippen molar-refractivity contribution >= 4 is 0 Å². The summed E-state index contributed by atoms with van der Waals surface area (Å²) in [6, 6.07) is 2.88. The third-order valence-corrected chi connectivity index (χ3v) is 3.35. The lowest BCUT2D eigenvalue weighted by Crippen LogP contribution is -2.32. The molecule has 1 atom stereocenters. The summed E-state index contributed by atoms with van der Waals surface area (Å²) in [5.41, 5.74) is 2.61. The van der Waals surface area contributed by atoms with E-state index < -0.39 is 0 Å². The van der Waals surface area contributed by atoms with Crippen molar-refractivity contribution in [3.05, 3.63) is 17.5 Å². The SMILES string of the molecule is CCCNC(CCC)Cc1cc(CC)nn1CC. The van der Waals surface area contributed by atoms with Crippen LogP contribution in [0.4, 0.5) is 0 Å². The molecule has 0 fully saturated rings. The molecular formula is C15H29N3. The van der Waals surface area contributed by atoms with Gasteiger partial charge >= 0.3 is 0 Å². The number of aromatic nitrogens is 2. The van der Waals surface area contributed by atoms with Crippen LogP contribution >= 0.6 is 0 Å². The van der Waals surface area contributed by atoms with Crippen molar-refractivity contribution in [2.75, 3.05) is 6.54 Å². The minimum absolute atomic E-state index is 0.599. The van der Waals surface area contributed by atoms with E-state index in [2.05, 4.69) is 48.9 Å². The molecule has 0 aliphatic heterocycles. The van der Waals surface area contributed by atoms with E-state index in [1.807, 2.05) is 0 Å². The maximum absolute atomic E-state index is 4.63. The molecule has 1 aromatic heterocycles. The van der Waals surface area contributed by atoms with Crippen LogP contribution in [0.15, 0.2) is 6.07 Å². The Labute approximate surface area is 112 Å². The molecule has 3 nitrogen and oxygen atoms in total. The predicted molar refractivity (Wildman–Crippen MR) is 78.0 cm³/mol. The minimum Gasteiger partial charge on any atom is -0.314 e. The van der Waals surface area contributed by atoms with E-state index in [-0.39, 0.29) is 0 Å². The third-order valence-electron chi connectivity index (χ3n) is 3.35. The summed E-state index contributed by atoms with van der Waals surface area (Å²) >= 11 is 0. The van der Waals surface area contributed by atoms with Crippen LogP contribution in [0.1, 0.15) is 58.3 Å². The number of hydrogen-bond donors (Lipinski definition) is 1. The number of aryl methyl sites for hydroxylation is 2. The van der Waals surface area contributed by atoms with Crippen molar-refractivity contribution in [2.45, 2.75) is 72.4 Å². The van der Waals surface area contributed by atoms with Gasteiger partial charge in [-0.25, -0.2) is 0 Å². The Morgan fingerprint density at radius 2 is 2.00 bits per heavy atom. The smallest absolute Gasteiger partial charge is 0.0624 e. The first-order valence-electron chi connectivity index (χ1n) is 7.54. The molecule has 0 bridgehead atoms. The fourth-order valence-corrected chi connectivity index (χ4v) is 2.35.